The number of methoxy groups -OCH3 is 2. The summed E-state index contributed by atoms with van der Waals surface area (Å²) in [5.41, 5.74) is 0. The standard InChI is InChI=1S/C10H20O4/c1-5-13-9-7(2)14-6-8(11-3)10(9)12-4/h7-10H,5-6H2,1-4H3/t7?,8?,9-,10?/m0/s1. The molecule has 4 atom stereocenters. The summed E-state index contributed by atoms with van der Waals surface area (Å²) in [4.78, 5) is 0. The summed E-state index contributed by atoms with van der Waals surface area (Å²) < 4.78 is 21.8. The Bertz CT molecular complexity index is 162. The van der Waals surface area contributed by atoms with Crippen molar-refractivity contribution in [3.63, 3.8) is 0 Å². The molecule has 1 fully saturated rings. The molecular weight excluding hydrogens is 184 g/mol. The number of rotatable bonds is 4. The average Bonchev–Trinajstić information content (AvgIpc) is 2.21. The molecule has 1 aliphatic rings. The highest BCUT2D eigenvalue weighted by atomic mass is 16.6. The monoisotopic (exact) mass is 204 g/mol. The normalized spacial score (nSPS) is 38.6. The molecule has 0 radical (unpaired) electrons. The van der Waals surface area contributed by atoms with Crippen LogP contribution in [0.4, 0.5) is 0 Å². The van der Waals surface area contributed by atoms with Gasteiger partial charge in [0.1, 0.15) is 18.3 Å². The maximum atomic E-state index is 5.60. The molecule has 1 aliphatic heterocycles. The summed E-state index contributed by atoms with van der Waals surface area (Å²) in [5.74, 6) is 0. The second-order valence-electron chi connectivity index (χ2n) is 3.43. The fourth-order valence-electron chi connectivity index (χ4n) is 1.83. The first kappa shape index (κ1) is 11.9. The van der Waals surface area contributed by atoms with E-state index in [9.17, 15) is 0 Å². The molecule has 0 aromatic heterocycles. The van der Waals surface area contributed by atoms with Crippen molar-refractivity contribution in [1.82, 2.24) is 0 Å². The lowest BCUT2D eigenvalue weighted by atomic mass is 10.0. The smallest absolute Gasteiger partial charge is 0.114 e. The molecule has 1 saturated heterocycles. The van der Waals surface area contributed by atoms with E-state index in [2.05, 4.69) is 0 Å². The molecule has 0 aromatic rings. The lowest BCUT2D eigenvalue weighted by Crippen LogP contribution is -2.54. The van der Waals surface area contributed by atoms with Gasteiger partial charge in [0.25, 0.3) is 0 Å². The van der Waals surface area contributed by atoms with Gasteiger partial charge in [-0.1, -0.05) is 0 Å². The van der Waals surface area contributed by atoms with Gasteiger partial charge < -0.3 is 18.9 Å². The van der Waals surface area contributed by atoms with Crippen molar-refractivity contribution in [2.75, 3.05) is 27.4 Å². The van der Waals surface area contributed by atoms with Gasteiger partial charge in [0.05, 0.1) is 12.7 Å². The molecule has 84 valence electrons. The van der Waals surface area contributed by atoms with Gasteiger partial charge in [-0.15, -0.1) is 0 Å². The van der Waals surface area contributed by atoms with Crippen LogP contribution in [-0.4, -0.2) is 51.8 Å². The van der Waals surface area contributed by atoms with E-state index in [-0.39, 0.29) is 24.4 Å². The molecular formula is C10H20O4. The molecule has 0 spiro atoms. The quantitative estimate of drug-likeness (QED) is 0.680. The molecule has 1 rings (SSSR count). The Morgan fingerprint density at radius 1 is 1.21 bits per heavy atom. The van der Waals surface area contributed by atoms with E-state index in [0.717, 1.165) is 0 Å². The van der Waals surface area contributed by atoms with Gasteiger partial charge in [0.2, 0.25) is 0 Å². The van der Waals surface area contributed by atoms with Crippen LogP contribution < -0.4 is 0 Å². The van der Waals surface area contributed by atoms with Crippen molar-refractivity contribution in [3.8, 4) is 0 Å². The molecule has 0 amide bonds. The molecule has 1 heterocycles. The molecule has 0 N–H and O–H groups in total. The third-order valence-corrected chi connectivity index (χ3v) is 2.61. The van der Waals surface area contributed by atoms with Crippen molar-refractivity contribution in [3.05, 3.63) is 0 Å². The third kappa shape index (κ3) is 2.45. The summed E-state index contributed by atoms with van der Waals surface area (Å²) >= 11 is 0. The Morgan fingerprint density at radius 3 is 2.43 bits per heavy atom. The molecule has 4 heteroatoms. The van der Waals surface area contributed by atoms with E-state index >= 15 is 0 Å². The number of ether oxygens (including phenoxy) is 4. The van der Waals surface area contributed by atoms with E-state index < -0.39 is 0 Å². The zero-order valence-corrected chi connectivity index (χ0v) is 9.36. The maximum Gasteiger partial charge on any atom is 0.114 e. The molecule has 0 bridgehead atoms. The summed E-state index contributed by atoms with van der Waals surface area (Å²) in [7, 11) is 3.35. The Morgan fingerprint density at radius 2 is 1.93 bits per heavy atom. The molecule has 3 unspecified atom stereocenters. The minimum absolute atomic E-state index is 0.0345. The van der Waals surface area contributed by atoms with E-state index in [4.69, 9.17) is 18.9 Å². The lowest BCUT2D eigenvalue weighted by molar-refractivity contribution is -0.212. The first-order valence-corrected chi connectivity index (χ1v) is 5.03. The molecule has 0 saturated carbocycles. The van der Waals surface area contributed by atoms with Crippen molar-refractivity contribution in [1.29, 1.82) is 0 Å². The summed E-state index contributed by atoms with van der Waals surface area (Å²) in [5, 5.41) is 0. The van der Waals surface area contributed by atoms with Crippen molar-refractivity contribution >= 4 is 0 Å². The Hall–Kier alpha value is -0.160. The summed E-state index contributed by atoms with van der Waals surface area (Å²) in [6.07, 6.45) is -0.0496. The average molecular weight is 204 g/mol. The van der Waals surface area contributed by atoms with Crippen molar-refractivity contribution in [2.24, 2.45) is 0 Å². The van der Waals surface area contributed by atoms with Crippen LogP contribution in [0.25, 0.3) is 0 Å². The van der Waals surface area contributed by atoms with Crippen LogP contribution in [0, 0.1) is 0 Å². The lowest BCUT2D eigenvalue weighted by Gasteiger charge is -2.39. The van der Waals surface area contributed by atoms with Crippen LogP contribution in [-0.2, 0) is 18.9 Å². The van der Waals surface area contributed by atoms with Gasteiger partial charge in [-0.25, -0.2) is 0 Å². The third-order valence-electron chi connectivity index (χ3n) is 2.61. The van der Waals surface area contributed by atoms with Gasteiger partial charge in [0.15, 0.2) is 0 Å². The number of hydrogen-bond donors (Lipinski definition) is 0. The SMILES string of the molecule is CCO[C@H]1C(C)OCC(OC)C1OC. The maximum absolute atomic E-state index is 5.60. The highest BCUT2D eigenvalue weighted by Crippen LogP contribution is 2.22. The van der Waals surface area contributed by atoms with Crippen LogP contribution in [0.3, 0.4) is 0 Å². The first-order valence-electron chi connectivity index (χ1n) is 5.03. The van der Waals surface area contributed by atoms with E-state index in [1.54, 1.807) is 14.2 Å². The predicted molar refractivity (Wildman–Crippen MR) is 52.4 cm³/mol. The van der Waals surface area contributed by atoms with Crippen molar-refractivity contribution in [2.45, 2.75) is 38.3 Å². The molecule has 14 heavy (non-hydrogen) atoms. The van der Waals surface area contributed by atoms with Gasteiger partial charge >= 0.3 is 0 Å². The van der Waals surface area contributed by atoms with Gasteiger partial charge in [0, 0.05) is 20.8 Å². The van der Waals surface area contributed by atoms with E-state index in [1.807, 2.05) is 13.8 Å². The fourth-order valence-corrected chi connectivity index (χ4v) is 1.83. The zero-order chi connectivity index (χ0) is 10.6. The molecule has 0 aliphatic carbocycles. The fraction of sp³-hybridized carbons (Fsp3) is 1.00. The topological polar surface area (TPSA) is 36.9 Å². The summed E-state index contributed by atoms with van der Waals surface area (Å²) in [6, 6.07) is 0. The highest BCUT2D eigenvalue weighted by Gasteiger charge is 2.39. The van der Waals surface area contributed by atoms with Crippen molar-refractivity contribution < 1.29 is 18.9 Å². The van der Waals surface area contributed by atoms with E-state index in [0.29, 0.717) is 13.2 Å². The van der Waals surface area contributed by atoms with Crippen LogP contribution in [0.5, 0.6) is 0 Å². The van der Waals surface area contributed by atoms with E-state index in [1.165, 1.54) is 0 Å². The second-order valence-corrected chi connectivity index (χ2v) is 3.43. The minimum Gasteiger partial charge on any atom is -0.376 e. The van der Waals surface area contributed by atoms with Crippen LogP contribution in [0.2, 0.25) is 0 Å². The first-order chi connectivity index (χ1) is 6.74. The van der Waals surface area contributed by atoms with Crippen LogP contribution >= 0.6 is 0 Å². The highest BCUT2D eigenvalue weighted by molar-refractivity contribution is 4.87. The van der Waals surface area contributed by atoms with Gasteiger partial charge in [-0.2, -0.15) is 0 Å². The Labute approximate surface area is 85.5 Å². The van der Waals surface area contributed by atoms with Crippen LogP contribution in [0.15, 0.2) is 0 Å². The zero-order valence-electron chi connectivity index (χ0n) is 9.36. The molecule has 4 nitrogen and oxygen atoms in total. The van der Waals surface area contributed by atoms with Gasteiger partial charge in [-0.3, -0.25) is 0 Å². The van der Waals surface area contributed by atoms with Gasteiger partial charge in [-0.05, 0) is 13.8 Å². The Balaban J connectivity index is 2.63. The van der Waals surface area contributed by atoms with Crippen LogP contribution in [0.1, 0.15) is 13.8 Å². The summed E-state index contributed by atoms with van der Waals surface area (Å²) in [6.45, 7) is 5.20. The minimum atomic E-state index is -0.0382. The largest absolute Gasteiger partial charge is 0.376 e. The number of hydrogen-bond acceptors (Lipinski definition) is 4. The Kier molecular flexibility index (Phi) is 4.81. The second kappa shape index (κ2) is 5.66. The molecule has 0 aromatic carbocycles. The predicted octanol–water partition coefficient (Wildman–Crippen LogP) is 0.840.